The van der Waals surface area contributed by atoms with Crippen LogP contribution in [0.4, 0.5) is 0 Å². The van der Waals surface area contributed by atoms with Gasteiger partial charge in [0.15, 0.2) is 0 Å². The zero-order chi connectivity index (χ0) is 11.4. The molecule has 0 aromatic heterocycles. The molecule has 1 aromatic rings. The largest absolute Gasteiger partial charge is 0.313 e. The van der Waals surface area contributed by atoms with Crippen molar-refractivity contribution in [1.29, 1.82) is 0 Å². The van der Waals surface area contributed by atoms with Crippen molar-refractivity contribution in [1.82, 2.24) is 5.32 Å². The molecular weight excluding hydrogens is 273 g/mol. The van der Waals surface area contributed by atoms with Gasteiger partial charge in [-0.15, -0.1) is 0 Å². The molecule has 1 atom stereocenters. The Morgan fingerprint density at radius 1 is 1.40 bits per heavy atom. The summed E-state index contributed by atoms with van der Waals surface area (Å²) in [6.07, 6.45) is 1.09. The van der Waals surface area contributed by atoms with Crippen molar-refractivity contribution in [3.63, 3.8) is 0 Å². The maximum atomic E-state index is 6.19. The highest BCUT2D eigenvalue weighted by Gasteiger charge is 2.14. The molecule has 0 heterocycles. The smallest absolute Gasteiger partial charge is 0.0454 e. The van der Waals surface area contributed by atoms with E-state index in [9.17, 15) is 0 Å². The molecule has 0 aliphatic rings. The third-order valence-electron chi connectivity index (χ3n) is 2.39. The van der Waals surface area contributed by atoms with E-state index in [0.717, 1.165) is 15.9 Å². The molecule has 84 valence electrons. The highest BCUT2D eigenvalue weighted by Crippen LogP contribution is 2.29. The predicted molar refractivity (Wildman–Crippen MR) is 70.4 cm³/mol. The number of hydrogen-bond acceptors (Lipinski definition) is 1. The second kappa shape index (κ2) is 5.88. The SMILES string of the molecule is CNC(CC(C)C)c1cc(Br)ccc1Cl. The molecule has 1 unspecified atom stereocenters. The van der Waals surface area contributed by atoms with Crippen LogP contribution in [0.3, 0.4) is 0 Å². The van der Waals surface area contributed by atoms with Gasteiger partial charge in [0.1, 0.15) is 0 Å². The minimum Gasteiger partial charge on any atom is -0.313 e. The number of benzene rings is 1. The summed E-state index contributed by atoms with van der Waals surface area (Å²) in [5.74, 6) is 0.650. The summed E-state index contributed by atoms with van der Waals surface area (Å²) in [5.41, 5.74) is 1.17. The van der Waals surface area contributed by atoms with Crippen LogP contribution in [-0.4, -0.2) is 7.05 Å². The minimum atomic E-state index is 0.329. The van der Waals surface area contributed by atoms with Crippen molar-refractivity contribution in [2.45, 2.75) is 26.3 Å². The molecule has 0 amide bonds. The topological polar surface area (TPSA) is 12.0 Å². The maximum Gasteiger partial charge on any atom is 0.0454 e. The van der Waals surface area contributed by atoms with E-state index in [-0.39, 0.29) is 0 Å². The second-order valence-electron chi connectivity index (χ2n) is 4.14. The molecule has 0 saturated carbocycles. The standard InChI is InChI=1S/C12H17BrClN/c1-8(2)6-12(15-3)10-7-9(13)4-5-11(10)14/h4-5,7-8,12,15H,6H2,1-3H3. The van der Waals surface area contributed by atoms with Crippen LogP contribution in [0.15, 0.2) is 22.7 Å². The van der Waals surface area contributed by atoms with Crippen molar-refractivity contribution in [2.24, 2.45) is 5.92 Å². The molecule has 0 saturated heterocycles. The molecule has 1 nitrogen and oxygen atoms in total. The van der Waals surface area contributed by atoms with Crippen LogP contribution in [0, 0.1) is 5.92 Å². The Kier molecular flexibility index (Phi) is 5.10. The molecule has 0 radical (unpaired) electrons. The van der Waals surface area contributed by atoms with Crippen LogP contribution in [0.2, 0.25) is 5.02 Å². The fourth-order valence-corrected chi connectivity index (χ4v) is 2.28. The first-order valence-electron chi connectivity index (χ1n) is 5.16. The lowest BCUT2D eigenvalue weighted by molar-refractivity contribution is 0.457. The van der Waals surface area contributed by atoms with Gasteiger partial charge in [-0.3, -0.25) is 0 Å². The van der Waals surface area contributed by atoms with E-state index in [1.165, 1.54) is 5.56 Å². The van der Waals surface area contributed by atoms with E-state index in [4.69, 9.17) is 11.6 Å². The lowest BCUT2D eigenvalue weighted by Crippen LogP contribution is -2.18. The Morgan fingerprint density at radius 2 is 2.07 bits per heavy atom. The summed E-state index contributed by atoms with van der Waals surface area (Å²) in [7, 11) is 1.98. The molecule has 0 aliphatic carbocycles. The van der Waals surface area contributed by atoms with Gasteiger partial charge >= 0.3 is 0 Å². The van der Waals surface area contributed by atoms with Crippen LogP contribution in [0.1, 0.15) is 31.9 Å². The average molecular weight is 291 g/mol. The summed E-state index contributed by atoms with van der Waals surface area (Å²) in [4.78, 5) is 0. The lowest BCUT2D eigenvalue weighted by atomic mass is 9.97. The van der Waals surface area contributed by atoms with Crippen LogP contribution >= 0.6 is 27.5 Å². The number of hydrogen-bond donors (Lipinski definition) is 1. The van der Waals surface area contributed by atoms with Gasteiger partial charge in [-0.25, -0.2) is 0 Å². The summed E-state index contributed by atoms with van der Waals surface area (Å²) in [6, 6.07) is 6.32. The van der Waals surface area contributed by atoms with Crippen molar-refractivity contribution >= 4 is 27.5 Å². The van der Waals surface area contributed by atoms with Gasteiger partial charge in [-0.05, 0) is 43.1 Å². The zero-order valence-electron chi connectivity index (χ0n) is 9.35. The van der Waals surface area contributed by atoms with Gasteiger partial charge in [-0.2, -0.15) is 0 Å². The fourth-order valence-electron chi connectivity index (χ4n) is 1.65. The Balaban J connectivity index is 2.95. The molecule has 15 heavy (non-hydrogen) atoms. The lowest BCUT2D eigenvalue weighted by Gasteiger charge is -2.20. The first-order valence-corrected chi connectivity index (χ1v) is 6.34. The normalized spacial score (nSPS) is 13.2. The highest BCUT2D eigenvalue weighted by atomic mass is 79.9. The molecule has 1 rings (SSSR count). The van der Waals surface area contributed by atoms with E-state index in [0.29, 0.717) is 12.0 Å². The summed E-state index contributed by atoms with van der Waals surface area (Å²) < 4.78 is 1.07. The minimum absolute atomic E-state index is 0.329. The van der Waals surface area contributed by atoms with Gasteiger partial charge < -0.3 is 5.32 Å². The van der Waals surface area contributed by atoms with E-state index in [1.54, 1.807) is 0 Å². The van der Waals surface area contributed by atoms with Crippen LogP contribution in [0.5, 0.6) is 0 Å². The molecule has 1 N–H and O–H groups in total. The molecule has 1 aromatic carbocycles. The first kappa shape index (κ1) is 13.0. The van der Waals surface area contributed by atoms with E-state index < -0.39 is 0 Å². The third-order valence-corrected chi connectivity index (χ3v) is 3.23. The van der Waals surface area contributed by atoms with Gasteiger partial charge in [-0.1, -0.05) is 41.4 Å². The quantitative estimate of drug-likeness (QED) is 0.866. The zero-order valence-corrected chi connectivity index (χ0v) is 11.7. The maximum absolute atomic E-state index is 6.19. The Hall–Kier alpha value is -0.0500. The number of nitrogens with one attached hydrogen (secondary N) is 1. The Morgan fingerprint density at radius 3 is 2.60 bits per heavy atom. The number of rotatable bonds is 4. The molecule has 0 spiro atoms. The molecular formula is C12H17BrClN. The van der Waals surface area contributed by atoms with E-state index in [1.807, 2.05) is 19.2 Å². The summed E-state index contributed by atoms with van der Waals surface area (Å²) >= 11 is 9.67. The Bertz CT molecular complexity index is 325. The monoisotopic (exact) mass is 289 g/mol. The Labute approximate surface area is 105 Å². The first-order chi connectivity index (χ1) is 7.04. The van der Waals surface area contributed by atoms with Crippen molar-refractivity contribution in [3.8, 4) is 0 Å². The van der Waals surface area contributed by atoms with Gasteiger partial charge in [0.2, 0.25) is 0 Å². The fraction of sp³-hybridized carbons (Fsp3) is 0.500. The van der Waals surface area contributed by atoms with Crippen LogP contribution in [-0.2, 0) is 0 Å². The second-order valence-corrected chi connectivity index (χ2v) is 5.46. The van der Waals surface area contributed by atoms with Crippen molar-refractivity contribution < 1.29 is 0 Å². The summed E-state index contributed by atoms with van der Waals surface area (Å²) in [6.45, 7) is 4.44. The van der Waals surface area contributed by atoms with Crippen LogP contribution in [0.25, 0.3) is 0 Å². The average Bonchev–Trinajstić information content (AvgIpc) is 2.18. The molecule has 0 aliphatic heterocycles. The van der Waals surface area contributed by atoms with Crippen LogP contribution < -0.4 is 5.32 Å². The summed E-state index contributed by atoms with van der Waals surface area (Å²) in [5, 5.41) is 4.14. The van der Waals surface area contributed by atoms with Crippen molar-refractivity contribution in [2.75, 3.05) is 7.05 Å². The van der Waals surface area contributed by atoms with Gasteiger partial charge in [0.05, 0.1) is 0 Å². The van der Waals surface area contributed by atoms with E-state index >= 15 is 0 Å². The number of halogens is 2. The van der Waals surface area contributed by atoms with Crippen molar-refractivity contribution in [3.05, 3.63) is 33.3 Å². The molecule has 3 heteroatoms. The molecule has 0 bridgehead atoms. The third kappa shape index (κ3) is 3.78. The van der Waals surface area contributed by atoms with E-state index in [2.05, 4.69) is 41.2 Å². The predicted octanol–water partition coefficient (Wildman–Crippen LogP) is 4.41. The van der Waals surface area contributed by atoms with Gasteiger partial charge in [0, 0.05) is 15.5 Å². The van der Waals surface area contributed by atoms with Gasteiger partial charge in [0.25, 0.3) is 0 Å². The molecule has 0 fully saturated rings. The highest BCUT2D eigenvalue weighted by molar-refractivity contribution is 9.10.